The van der Waals surface area contributed by atoms with Crippen LogP contribution in [0.25, 0.3) is 33.3 Å². The van der Waals surface area contributed by atoms with Gasteiger partial charge in [0.2, 0.25) is 0 Å². The number of rotatable bonds is 8. The Morgan fingerprint density at radius 1 is 0.837 bits per heavy atom. The van der Waals surface area contributed by atoms with Crippen LogP contribution in [0.4, 0.5) is 18.9 Å². The van der Waals surface area contributed by atoms with Gasteiger partial charge in [0.15, 0.2) is 0 Å². The van der Waals surface area contributed by atoms with Gasteiger partial charge in [-0.1, -0.05) is 72.8 Å². The van der Waals surface area contributed by atoms with Gasteiger partial charge in [-0.25, -0.2) is 9.78 Å². The fraction of sp³-hybridized carbons (Fsp3) is 0.125. The zero-order chi connectivity index (χ0) is 30.8. The van der Waals surface area contributed by atoms with Crippen LogP contribution in [0.15, 0.2) is 103 Å². The number of hydrogen-bond acceptors (Lipinski definition) is 6. The van der Waals surface area contributed by atoms with Crippen molar-refractivity contribution < 1.29 is 27.9 Å². The van der Waals surface area contributed by atoms with Gasteiger partial charge < -0.3 is 21.5 Å². The highest BCUT2D eigenvalue weighted by molar-refractivity contribution is 6.06. The second-order valence-corrected chi connectivity index (χ2v) is 9.23. The van der Waals surface area contributed by atoms with E-state index in [-0.39, 0.29) is 5.91 Å². The Balaban J connectivity index is 0.000000541. The number of anilines is 1. The Morgan fingerprint density at radius 2 is 1.47 bits per heavy atom. The number of alkyl halides is 3. The number of carbonyl (C=O) groups is 2. The summed E-state index contributed by atoms with van der Waals surface area (Å²) < 4.78 is 31.7. The van der Waals surface area contributed by atoms with Crippen LogP contribution in [0, 0.1) is 0 Å². The zero-order valence-electron chi connectivity index (χ0n) is 22.8. The molecule has 3 aromatic carbocycles. The third-order valence-electron chi connectivity index (χ3n) is 6.26. The van der Waals surface area contributed by atoms with Crippen molar-refractivity contribution >= 4 is 28.5 Å². The predicted molar refractivity (Wildman–Crippen MR) is 159 cm³/mol. The maximum Gasteiger partial charge on any atom is 0.490 e. The first kappa shape index (κ1) is 30.7. The van der Waals surface area contributed by atoms with E-state index in [9.17, 15) is 18.0 Å². The Labute approximate surface area is 245 Å². The van der Waals surface area contributed by atoms with Gasteiger partial charge in [0, 0.05) is 48.0 Å². The number of amides is 1. The number of pyridine rings is 2. The van der Waals surface area contributed by atoms with Gasteiger partial charge in [0.25, 0.3) is 5.91 Å². The first-order valence-corrected chi connectivity index (χ1v) is 13.2. The molecule has 0 aliphatic heterocycles. The summed E-state index contributed by atoms with van der Waals surface area (Å²) in [5.74, 6) is -2.98. The summed E-state index contributed by atoms with van der Waals surface area (Å²) in [6, 6.07) is 32.0. The Bertz CT molecular complexity index is 1680. The van der Waals surface area contributed by atoms with Gasteiger partial charge in [0.05, 0.1) is 11.2 Å². The third-order valence-corrected chi connectivity index (χ3v) is 6.26. The molecule has 0 saturated carbocycles. The fourth-order valence-electron chi connectivity index (χ4n) is 4.16. The van der Waals surface area contributed by atoms with Crippen LogP contribution in [-0.2, 0) is 11.3 Å². The minimum atomic E-state index is -5.08. The van der Waals surface area contributed by atoms with Crippen LogP contribution < -0.4 is 16.4 Å². The van der Waals surface area contributed by atoms with Crippen molar-refractivity contribution in [3.05, 3.63) is 115 Å². The predicted octanol–water partition coefficient (Wildman–Crippen LogP) is 5.90. The summed E-state index contributed by atoms with van der Waals surface area (Å²) in [5, 5.41) is 14.1. The van der Waals surface area contributed by atoms with Crippen LogP contribution in [0.2, 0.25) is 0 Å². The van der Waals surface area contributed by atoms with Crippen LogP contribution in [0.5, 0.6) is 0 Å². The lowest BCUT2D eigenvalue weighted by Gasteiger charge is -2.14. The summed E-state index contributed by atoms with van der Waals surface area (Å²) in [7, 11) is 0. The fourth-order valence-corrected chi connectivity index (χ4v) is 4.16. The lowest BCUT2D eigenvalue weighted by atomic mass is 9.96. The van der Waals surface area contributed by atoms with Gasteiger partial charge in [0.1, 0.15) is 5.69 Å². The van der Waals surface area contributed by atoms with Crippen LogP contribution in [-0.4, -0.2) is 46.2 Å². The molecule has 0 aliphatic rings. The molecule has 0 aliphatic carbocycles. The Morgan fingerprint density at radius 3 is 2.07 bits per heavy atom. The molecule has 0 fully saturated rings. The molecule has 0 spiro atoms. The molecule has 0 saturated heterocycles. The number of carbonyl (C=O) groups excluding carboxylic acids is 1. The summed E-state index contributed by atoms with van der Waals surface area (Å²) >= 11 is 0. The summed E-state index contributed by atoms with van der Waals surface area (Å²) in [4.78, 5) is 31.4. The number of nitrogens with two attached hydrogens (primary N) is 1. The second kappa shape index (κ2) is 14.1. The van der Waals surface area contributed by atoms with Gasteiger partial charge in [-0.3, -0.25) is 9.78 Å². The number of carboxylic acid groups (broad SMARTS) is 1. The molecular formula is C32H28F3N5O3. The van der Waals surface area contributed by atoms with E-state index in [2.05, 4.69) is 15.6 Å². The normalized spacial score (nSPS) is 10.9. The van der Waals surface area contributed by atoms with Crippen molar-refractivity contribution in [1.29, 1.82) is 0 Å². The number of nitrogens with one attached hydrogen (secondary N) is 2. The van der Waals surface area contributed by atoms with E-state index >= 15 is 0 Å². The number of halogens is 3. The van der Waals surface area contributed by atoms with E-state index in [0.717, 1.165) is 39.2 Å². The second-order valence-electron chi connectivity index (χ2n) is 9.23. The molecule has 43 heavy (non-hydrogen) atoms. The number of carboxylic acids is 1. The molecule has 2 aromatic heterocycles. The Kier molecular flexibility index (Phi) is 10.0. The smallest absolute Gasteiger partial charge is 0.475 e. The summed E-state index contributed by atoms with van der Waals surface area (Å²) in [5.41, 5.74) is 12.7. The van der Waals surface area contributed by atoms with Crippen molar-refractivity contribution in [2.45, 2.75) is 12.7 Å². The lowest BCUT2D eigenvalue weighted by Crippen LogP contribution is -2.29. The SMILES string of the molecule is NCc1ccc(-c2nc3ccnc(C(=O)NCCNc4ccccc4)c3cc2-c2ccccc2)cc1.O=C(O)C(F)(F)F. The number of nitrogens with zero attached hydrogens (tertiary/aromatic N) is 2. The van der Waals surface area contributed by atoms with E-state index in [4.69, 9.17) is 20.6 Å². The molecule has 0 atom stereocenters. The number of aliphatic carboxylic acids is 1. The van der Waals surface area contributed by atoms with Crippen molar-refractivity contribution in [1.82, 2.24) is 15.3 Å². The molecule has 5 rings (SSSR count). The molecule has 220 valence electrons. The van der Waals surface area contributed by atoms with Crippen molar-refractivity contribution in [3.8, 4) is 22.4 Å². The Hall–Kier alpha value is -5.29. The molecule has 5 aromatic rings. The number of hydrogen-bond donors (Lipinski definition) is 4. The van der Waals surface area contributed by atoms with Gasteiger partial charge >= 0.3 is 12.1 Å². The topological polar surface area (TPSA) is 130 Å². The molecule has 11 heteroatoms. The van der Waals surface area contributed by atoms with Gasteiger partial charge in [-0.2, -0.15) is 13.2 Å². The molecule has 0 radical (unpaired) electrons. The van der Waals surface area contributed by atoms with Gasteiger partial charge in [-0.05, 0) is 35.4 Å². The van der Waals surface area contributed by atoms with E-state index < -0.39 is 12.1 Å². The third kappa shape index (κ3) is 8.14. The van der Waals surface area contributed by atoms with E-state index in [1.807, 2.05) is 97.1 Å². The maximum absolute atomic E-state index is 13.1. The van der Waals surface area contributed by atoms with E-state index in [1.165, 1.54) is 0 Å². The van der Waals surface area contributed by atoms with Crippen molar-refractivity contribution in [2.75, 3.05) is 18.4 Å². The highest BCUT2D eigenvalue weighted by Crippen LogP contribution is 2.34. The average Bonchev–Trinajstić information content (AvgIpc) is 3.03. The van der Waals surface area contributed by atoms with Gasteiger partial charge in [-0.15, -0.1) is 0 Å². The molecule has 1 amide bonds. The zero-order valence-corrected chi connectivity index (χ0v) is 22.8. The molecule has 0 bridgehead atoms. The lowest BCUT2D eigenvalue weighted by molar-refractivity contribution is -0.192. The van der Waals surface area contributed by atoms with Crippen LogP contribution in [0.3, 0.4) is 0 Å². The number of aromatic nitrogens is 2. The largest absolute Gasteiger partial charge is 0.490 e. The van der Waals surface area contributed by atoms with Crippen LogP contribution in [0.1, 0.15) is 16.1 Å². The van der Waals surface area contributed by atoms with Crippen molar-refractivity contribution in [3.63, 3.8) is 0 Å². The first-order chi connectivity index (χ1) is 20.7. The quantitative estimate of drug-likeness (QED) is 0.166. The average molecular weight is 588 g/mol. The molecular weight excluding hydrogens is 559 g/mol. The minimum absolute atomic E-state index is 0.226. The highest BCUT2D eigenvalue weighted by atomic mass is 19.4. The van der Waals surface area contributed by atoms with E-state index in [0.29, 0.717) is 30.7 Å². The highest BCUT2D eigenvalue weighted by Gasteiger charge is 2.38. The maximum atomic E-state index is 13.1. The van der Waals surface area contributed by atoms with E-state index in [1.54, 1.807) is 6.20 Å². The first-order valence-electron chi connectivity index (χ1n) is 13.2. The minimum Gasteiger partial charge on any atom is -0.475 e. The number of para-hydroxylation sites is 1. The standard InChI is InChI=1S/C30H27N5O.C2HF3O2/c31-20-21-11-13-23(14-12-21)28-25(22-7-3-1-4-8-22)19-26-27(35-28)15-16-33-29(26)30(36)34-18-17-32-24-9-5-2-6-10-24;3-2(4,5)1(6)7/h1-16,19,32H,17-18,20,31H2,(H,34,36);(H,6,7). The molecule has 8 nitrogen and oxygen atoms in total. The number of fused-ring (bicyclic) bond motifs is 1. The summed E-state index contributed by atoms with van der Waals surface area (Å²) in [6.45, 7) is 1.56. The van der Waals surface area contributed by atoms with Crippen LogP contribution >= 0.6 is 0 Å². The number of benzene rings is 3. The monoisotopic (exact) mass is 587 g/mol. The molecule has 0 unspecified atom stereocenters. The molecule has 2 heterocycles. The summed E-state index contributed by atoms with van der Waals surface area (Å²) in [6.07, 6.45) is -3.45. The molecule has 5 N–H and O–H groups in total. The van der Waals surface area contributed by atoms with Crippen molar-refractivity contribution in [2.24, 2.45) is 5.73 Å².